The summed E-state index contributed by atoms with van der Waals surface area (Å²) >= 11 is 3.33. The first-order chi connectivity index (χ1) is 12.1. The molecule has 7 nitrogen and oxygen atoms in total. The standard InChI is InChI=1S/C17H14BrN5O2/c18-13-8-19-23(10-13)16-4-3-15(20-21-16)17(25)22-6-5-11-1-2-14(24)7-12(11)9-22/h1-4,7-8,10,24H,5-6,9H2. The summed E-state index contributed by atoms with van der Waals surface area (Å²) in [5.74, 6) is 0.577. The van der Waals surface area contributed by atoms with Gasteiger partial charge in [0.1, 0.15) is 5.75 Å². The molecule has 1 aliphatic rings. The van der Waals surface area contributed by atoms with Crippen molar-refractivity contribution in [3.05, 3.63) is 64.0 Å². The number of fused-ring (bicyclic) bond motifs is 1. The first-order valence-corrected chi connectivity index (χ1v) is 8.54. The zero-order chi connectivity index (χ0) is 17.4. The van der Waals surface area contributed by atoms with E-state index in [1.165, 1.54) is 0 Å². The lowest BCUT2D eigenvalue weighted by Crippen LogP contribution is -2.36. The molecule has 1 amide bonds. The van der Waals surface area contributed by atoms with Crippen molar-refractivity contribution in [2.45, 2.75) is 13.0 Å². The van der Waals surface area contributed by atoms with Crippen molar-refractivity contribution in [1.29, 1.82) is 0 Å². The molecule has 25 heavy (non-hydrogen) atoms. The van der Waals surface area contributed by atoms with Crippen LogP contribution in [-0.4, -0.2) is 42.4 Å². The van der Waals surface area contributed by atoms with E-state index in [0.29, 0.717) is 24.6 Å². The molecule has 126 valence electrons. The maximum absolute atomic E-state index is 12.7. The maximum atomic E-state index is 12.7. The third-order valence-electron chi connectivity index (χ3n) is 4.14. The number of phenols is 1. The summed E-state index contributed by atoms with van der Waals surface area (Å²) in [6, 6.07) is 8.65. The highest BCUT2D eigenvalue weighted by Crippen LogP contribution is 2.24. The zero-order valence-corrected chi connectivity index (χ0v) is 14.7. The van der Waals surface area contributed by atoms with Crippen molar-refractivity contribution in [2.24, 2.45) is 0 Å². The first-order valence-electron chi connectivity index (χ1n) is 7.74. The van der Waals surface area contributed by atoms with E-state index >= 15 is 0 Å². The van der Waals surface area contributed by atoms with Crippen LogP contribution in [0.15, 0.2) is 47.2 Å². The molecule has 2 aromatic heterocycles. The van der Waals surface area contributed by atoms with Crippen molar-refractivity contribution in [1.82, 2.24) is 24.9 Å². The van der Waals surface area contributed by atoms with Crippen LogP contribution >= 0.6 is 15.9 Å². The van der Waals surface area contributed by atoms with Gasteiger partial charge in [-0.05, 0) is 57.7 Å². The SMILES string of the molecule is O=C(c1ccc(-n2cc(Br)cn2)nn1)N1CCc2ccc(O)cc2C1. The summed E-state index contributed by atoms with van der Waals surface area (Å²) in [5, 5.41) is 21.9. The predicted molar refractivity (Wildman–Crippen MR) is 93.4 cm³/mol. The van der Waals surface area contributed by atoms with Crippen LogP contribution in [0.2, 0.25) is 0 Å². The van der Waals surface area contributed by atoms with Crippen molar-refractivity contribution >= 4 is 21.8 Å². The van der Waals surface area contributed by atoms with Gasteiger partial charge in [-0.25, -0.2) is 4.68 Å². The number of hydrogen-bond donors (Lipinski definition) is 1. The Hall–Kier alpha value is -2.74. The van der Waals surface area contributed by atoms with Gasteiger partial charge in [-0.2, -0.15) is 5.10 Å². The molecule has 0 bridgehead atoms. The molecule has 0 radical (unpaired) electrons. The number of rotatable bonds is 2. The zero-order valence-electron chi connectivity index (χ0n) is 13.1. The van der Waals surface area contributed by atoms with Crippen LogP contribution in [0.1, 0.15) is 21.6 Å². The molecule has 1 aliphatic heterocycles. The number of aromatic nitrogens is 4. The van der Waals surface area contributed by atoms with E-state index in [4.69, 9.17) is 0 Å². The van der Waals surface area contributed by atoms with Gasteiger partial charge in [0, 0.05) is 19.3 Å². The van der Waals surface area contributed by atoms with Crippen molar-refractivity contribution in [3.8, 4) is 11.6 Å². The molecule has 4 rings (SSSR count). The molecule has 0 unspecified atom stereocenters. The van der Waals surface area contributed by atoms with Crippen LogP contribution in [-0.2, 0) is 13.0 Å². The first kappa shape index (κ1) is 15.8. The van der Waals surface area contributed by atoms with Crippen LogP contribution in [0.3, 0.4) is 0 Å². The third kappa shape index (κ3) is 3.12. The molecule has 0 atom stereocenters. The van der Waals surface area contributed by atoms with E-state index < -0.39 is 0 Å². The number of carbonyl (C=O) groups excluding carboxylic acids is 1. The topological polar surface area (TPSA) is 84.1 Å². The summed E-state index contributed by atoms with van der Waals surface area (Å²) in [5.41, 5.74) is 2.41. The number of halogens is 1. The minimum Gasteiger partial charge on any atom is -0.508 e. The monoisotopic (exact) mass is 399 g/mol. The average molecular weight is 400 g/mol. The summed E-state index contributed by atoms with van der Waals surface area (Å²) in [7, 11) is 0. The molecule has 0 saturated heterocycles. The summed E-state index contributed by atoms with van der Waals surface area (Å²) in [6.45, 7) is 1.07. The molecule has 1 aromatic carbocycles. The quantitative estimate of drug-likeness (QED) is 0.714. The Morgan fingerprint density at radius 2 is 2.04 bits per heavy atom. The lowest BCUT2D eigenvalue weighted by Gasteiger charge is -2.28. The normalized spacial score (nSPS) is 13.6. The largest absolute Gasteiger partial charge is 0.508 e. The van der Waals surface area contributed by atoms with Gasteiger partial charge < -0.3 is 10.0 Å². The molecule has 0 saturated carbocycles. The van der Waals surface area contributed by atoms with Gasteiger partial charge in [-0.3, -0.25) is 4.79 Å². The fourth-order valence-electron chi connectivity index (χ4n) is 2.87. The van der Waals surface area contributed by atoms with Gasteiger partial charge in [0.15, 0.2) is 11.5 Å². The number of aromatic hydroxyl groups is 1. The third-order valence-corrected chi connectivity index (χ3v) is 4.55. The van der Waals surface area contributed by atoms with Crippen LogP contribution in [0.25, 0.3) is 5.82 Å². The van der Waals surface area contributed by atoms with E-state index in [9.17, 15) is 9.90 Å². The van der Waals surface area contributed by atoms with Crippen molar-refractivity contribution in [3.63, 3.8) is 0 Å². The molecular weight excluding hydrogens is 386 g/mol. The second-order valence-corrected chi connectivity index (χ2v) is 6.73. The summed E-state index contributed by atoms with van der Waals surface area (Å²) in [6.07, 6.45) is 4.18. The van der Waals surface area contributed by atoms with Crippen molar-refractivity contribution in [2.75, 3.05) is 6.54 Å². The average Bonchev–Trinajstić information content (AvgIpc) is 3.07. The Bertz CT molecular complexity index is 938. The van der Waals surface area contributed by atoms with Gasteiger partial charge >= 0.3 is 0 Å². The summed E-state index contributed by atoms with van der Waals surface area (Å²) < 4.78 is 2.41. The van der Waals surface area contributed by atoms with E-state index in [0.717, 1.165) is 22.0 Å². The second kappa shape index (κ2) is 6.29. The number of amides is 1. The van der Waals surface area contributed by atoms with E-state index in [1.807, 2.05) is 6.07 Å². The molecule has 3 heterocycles. The fraction of sp³-hybridized carbons (Fsp3) is 0.176. The Morgan fingerprint density at radius 3 is 2.76 bits per heavy atom. The molecule has 1 N–H and O–H groups in total. The Labute approximate surface area is 152 Å². The molecule has 0 fully saturated rings. The molecule has 3 aromatic rings. The number of hydrogen-bond acceptors (Lipinski definition) is 5. The van der Waals surface area contributed by atoms with Crippen LogP contribution in [0.5, 0.6) is 5.75 Å². The molecule has 0 spiro atoms. The van der Waals surface area contributed by atoms with Gasteiger partial charge in [0.2, 0.25) is 0 Å². The molecular formula is C17H14BrN5O2. The number of benzene rings is 1. The van der Waals surface area contributed by atoms with Crippen LogP contribution < -0.4 is 0 Å². The van der Waals surface area contributed by atoms with Crippen LogP contribution in [0.4, 0.5) is 0 Å². The highest BCUT2D eigenvalue weighted by atomic mass is 79.9. The minimum atomic E-state index is -0.172. The van der Waals surface area contributed by atoms with Gasteiger partial charge in [0.05, 0.1) is 10.7 Å². The molecule has 0 aliphatic carbocycles. The fourth-order valence-corrected chi connectivity index (χ4v) is 3.15. The highest BCUT2D eigenvalue weighted by molar-refractivity contribution is 9.10. The maximum Gasteiger partial charge on any atom is 0.274 e. The highest BCUT2D eigenvalue weighted by Gasteiger charge is 2.23. The lowest BCUT2D eigenvalue weighted by atomic mass is 9.99. The molecule has 8 heteroatoms. The smallest absolute Gasteiger partial charge is 0.274 e. The second-order valence-electron chi connectivity index (χ2n) is 5.81. The predicted octanol–water partition coefficient (Wildman–Crippen LogP) is 2.33. The van der Waals surface area contributed by atoms with Crippen LogP contribution in [0, 0.1) is 0 Å². The number of phenolic OH excluding ortho intramolecular Hbond substituents is 1. The lowest BCUT2D eigenvalue weighted by molar-refractivity contribution is 0.0727. The van der Waals surface area contributed by atoms with Crippen molar-refractivity contribution < 1.29 is 9.90 Å². The van der Waals surface area contributed by atoms with Gasteiger partial charge in [-0.1, -0.05) is 6.07 Å². The van der Waals surface area contributed by atoms with E-state index in [2.05, 4.69) is 31.2 Å². The Kier molecular flexibility index (Phi) is 3.96. The van der Waals surface area contributed by atoms with E-state index in [-0.39, 0.29) is 11.7 Å². The summed E-state index contributed by atoms with van der Waals surface area (Å²) in [4.78, 5) is 14.4. The van der Waals surface area contributed by atoms with E-state index in [1.54, 1.807) is 46.2 Å². The van der Waals surface area contributed by atoms with Gasteiger partial charge in [0.25, 0.3) is 5.91 Å². The van der Waals surface area contributed by atoms with Gasteiger partial charge in [-0.15, -0.1) is 10.2 Å². The number of carbonyl (C=O) groups is 1. The Morgan fingerprint density at radius 1 is 1.16 bits per heavy atom. The Balaban J connectivity index is 1.53. The minimum absolute atomic E-state index is 0.172. The number of nitrogens with zero attached hydrogens (tertiary/aromatic N) is 5.